The van der Waals surface area contributed by atoms with Crippen molar-refractivity contribution >= 4 is 27.4 Å². The molecule has 0 saturated carbocycles. The molecule has 0 radical (unpaired) electrons. The number of amides is 1. The Morgan fingerprint density at radius 3 is 2.50 bits per heavy atom. The van der Waals surface area contributed by atoms with Gasteiger partial charge in [-0.1, -0.05) is 13.0 Å². The molecule has 1 saturated heterocycles. The summed E-state index contributed by atoms with van der Waals surface area (Å²) in [6.45, 7) is 2.85. The molecule has 1 aliphatic rings. The second-order valence-corrected chi connectivity index (χ2v) is 9.48. The molecule has 174 valence electrons. The van der Waals surface area contributed by atoms with Crippen LogP contribution in [-0.2, 0) is 16.2 Å². The number of hydrogen-bond donors (Lipinski definition) is 2. The first kappa shape index (κ1) is 23.8. The maximum atomic E-state index is 12.7. The maximum absolute atomic E-state index is 12.7. The zero-order valence-corrected chi connectivity index (χ0v) is 18.3. The van der Waals surface area contributed by atoms with Gasteiger partial charge in [-0.3, -0.25) is 9.52 Å². The summed E-state index contributed by atoms with van der Waals surface area (Å²) in [4.78, 5) is 18.4. The molecule has 2 aromatic rings. The summed E-state index contributed by atoms with van der Waals surface area (Å²) in [5.41, 5.74) is -0.120. The van der Waals surface area contributed by atoms with E-state index in [2.05, 4.69) is 15.0 Å². The molecule has 0 spiro atoms. The highest BCUT2D eigenvalue weighted by Gasteiger charge is 2.31. The smallest absolute Gasteiger partial charge is 0.356 e. The summed E-state index contributed by atoms with van der Waals surface area (Å²) in [5, 5.41) is 2.94. The Morgan fingerprint density at radius 1 is 1.19 bits per heavy atom. The van der Waals surface area contributed by atoms with Gasteiger partial charge in [0.25, 0.3) is 5.91 Å². The van der Waals surface area contributed by atoms with Gasteiger partial charge in [-0.2, -0.15) is 13.2 Å². The number of carbonyl (C=O) groups is 1. The predicted molar refractivity (Wildman–Crippen MR) is 116 cm³/mol. The van der Waals surface area contributed by atoms with E-state index >= 15 is 0 Å². The Balaban J connectivity index is 1.55. The third-order valence-electron chi connectivity index (χ3n) is 5.10. The van der Waals surface area contributed by atoms with Crippen LogP contribution in [0.15, 0.2) is 42.6 Å². The molecule has 0 unspecified atom stereocenters. The van der Waals surface area contributed by atoms with Crippen molar-refractivity contribution in [2.75, 3.05) is 28.5 Å². The highest BCUT2D eigenvalue weighted by molar-refractivity contribution is 7.92. The Labute approximate surface area is 185 Å². The molecule has 1 amide bonds. The van der Waals surface area contributed by atoms with E-state index in [1.165, 1.54) is 12.1 Å². The Hall–Kier alpha value is -2.82. The molecular formula is C21H25F3N4O3S. The molecule has 2 N–H and O–H groups in total. The molecule has 1 fully saturated rings. The van der Waals surface area contributed by atoms with E-state index in [4.69, 9.17) is 0 Å². The Kier molecular flexibility index (Phi) is 7.27. The van der Waals surface area contributed by atoms with Crippen molar-refractivity contribution < 1.29 is 26.4 Å². The second kappa shape index (κ2) is 9.76. The Morgan fingerprint density at radius 2 is 1.91 bits per heavy atom. The van der Waals surface area contributed by atoms with Gasteiger partial charge in [-0.05, 0) is 49.6 Å². The number of nitrogens with zero attached hydrogens (tertiary/aromatic N) is 2. The first-order valence-electron chi connectivity index (χ1n) is 10.3. The lowest BCUT2D eigenvalue weighted by atomic mass is 10.0. The van der Waals surface area contributed by atoms with E-state index in [0.717, 1.165) is 12.3 Å². The minimum atomic E-state index is -4.42. The van der Waals surface area contributed by atoms with E-state index in [1.54, 1.807) is 25.1 Å². The van der Waals surface area contributed by atoms with Crippen molar-refractivity contribution in [3.05, 3.63) is 53.7 Å². The number of alkyl halides is 3. The van der Waals surface area contributed by atoms with E-state index < -0.39 is 21.8 Å². The molecule has 7 nitrogen and oxygen atoms in total. The van der Waals surface area contributed by atoms with E-state index in [0.29, 0.717) is 49.4 Å². The fourth-order valence-electron chi connectivity index (χ4n) is 3.49. The van der Waals surface area contributed by atoms with Crippen molar-refractivity contribution in [1.29, 1.82) is 0 Å². The number of benzene rings is 1. The van der Waals surface area contributed by atoms with Gasteiger partial charge in [-0.25, -0.2) is 13.4 Å². The van der Waals surface area contributed by atoms with Crippen LogP contribution in [-0.4, -0.2) is 44.2 Å². The normalized spacial score (nSPS) is 15.4. The van der Waals surface area contributed by atoms with Crippen LogP contribution in [0.5, 0.6) is 0 Å². The number of rotatable bonds is 7. The minimum absolute atomic E-state index is 0.00418. The largest absolute Gasteiger partial charge is 0.417 e. The van der Waals surface area contributed by atoms with E-state index in [1.807, 2.05) is 4.90 Å². The van der Waals surface area contributed by atoms with Gasteiger partial charge >= 0.3 is 6.18 Å². The molecule has 3 rings (SSSR count). The molecule has 2 heterocycles. The SMILES string of the molecule is CCCS(=O)(=O)Nc1cccc(C(=O)NC2CCN(c3ccc(C(F)(F)F)cn3)CC2)c1. The van der Waals surface area contributed by atoms with Crippen molar-refractivity contribution in [2.24, 2.45) is 0 Å². The van der Waals surface area contributed by atoms with Gasteiger partial charge in [0.05, 0.1) is 11.3 Å². The molecule has 1 aliphatic heterocycles. The lowest BCUT2D eigenvalue weighted by Gasteiger charge is -2.33. The van der Waals surface area contributed by atoms with Crippen molar-refractivity contribution in [3.63, 3.8) is 0 Å². The average Bonchev–Trinajstić information content (AvgIpc) is 2.73. The van der Waals surface area contributed by atoms with Gasteiger partial charge in [0.1, 0.15) is 5.82 Å². The summed E-state index contributed by atoms with van der Waals surface area (Å²) in [5.74, 6) is 0.151. The number of carbonyl (C=O) groups excluding carboxylic acids is 1. The highest BCUT2D eigenvalue weighted by Crippen LogP contribution is 2.29. The second-order valence-electron chi connectivity index (χ2n) is 7.64. The molecule has 0 atom stereocenters. The summed E-state index contributed by atoms with van der Waals surface area (Å²) in [6.07, 6.45) is -1.90. The summed E-state index contributed by atoms with van der Waals surface area (Å²) in [7, 11) is -3.45. The van der Waals surface area contributed by atoms with Crippen LogP contribution in [0.4, 0.5) is 24.7 Å². The standard InChI is InChI=1S/C21H25F3N4O3S/c1-2-12-32(30,31)27-18-5-3-4-15(13-18)20(29)26-17-8-10-28(11-9-17)19-7-6-16(14-25-19)21(22,23)24/h3-7,13-14,17,27H,2,8-12H2,1H3,(H,26,29). The van der Waals surface area contributed by atoms with Gasteiger partial charge in [0.2, 0.25) is 10.0 Å². The zero-order valence-electron chi connectivity index (χ0n) is 17.5. The molecule has 0 aliphatic carbocycles. The minimum Gasteiger partial charge on any atom is -0.356 e. The van der Waals surface area contributed by atoms with Crippen LogP contribution >= 0.6 is 0 Å². The van der Waals surface area contributed by atoms with Crippen LogP contribution in [0.1, 0.15) is 42.1 Å². The summed E-state index contributed by atoms with van der Waals surface area (Å²) in [6, 6.07) is 8.55. The van der Waals surface area contributed by atoms with Crippen LogP contribution in [0.25, 0.3) is 0 Å². The fourth-order valence-corrected chi connectivity index (χ4v) is 4.61. The van der Waals surface area contributed by atoms with Gasteiger partial charge in [0.15, 0.2) is 0 Å². The molecule has 11 heteroatoms. The third kappa shape index (κ3) is 6.35. The first-order chi connectivity index (χ1) is 15.1. The quantitative estimate of drug-likeness (QED) is 0.645. The number of halogens is 3. The molecule has 0 bridgehead atoms. The maximum Gasteiger partial charge on any atom is 0.417 e. The number of pyridine rings is 1. The zero-order chi connectivity index (χ0) is 23.4. The van der Waals surface area contributed by atoms with Crippen LogP contribution in [0.3, 0.4) is 0 Å². The van der Waals surface area contributed by atoms with Crippen molar-refractivity contribution in [2.45, 2.75) is 38.4 Å². The molecule has 1 aromatic carbocycles. The number of piperidine rings is 1. The van der Waals surface area contributed by atoms with E-state index in [-0.39, 0.29) is 17.7 Å². The number of aromatic nitrogens is 1. The molecule has 1 aromatic heterocycles. The highest BCUT2D eigenvalue weighted by atomic mass is 32.2. The number of nitrogens with one attached hydrogen (secondary N) is 2. The summed E-state index contributed by atoms with van der Waals surface area (Å²) >= 11 is 0. The van der Waals surface area contributed by atoms with Gasteiger partial charge in [0, 0.05) is 36.6 Å². The van der Waals surface area contributed by atoms with Crippen LogP contribution in [0, 0.1) is 0 Å². The number of anilines is 2. The number of sulfonamides is 1. The third-order valence-corrected chi connectivity index (χ3v) is 6.59. The topological polar surface area (TPSA) is 91.4 Å². The van der Waals surface area contributed by atoms with E-state index in [9.17, 15) is 26.4 Å². The average molecular weight is 471 g/mol. The predicted octanol–water partition coefficient (Wildman–Crippen LogP) is 3.65. The molecule has 32 heavy (non-hydrogen) atoms. The lowest BCUT2D eigenvalue weighted by Crippen LogP contribution is -2.45. The monoisotopic (exact) mass is 470 g/mol. The van der Waals surface area contributed by atoms with Crippen molar-refractivity contribution in [1.82, 2.24) is 10.3 Å². The van der Waals surface area contributed by atoms with Gasteiger partial charge < -0.3 is 10.2 Å². The molecular weight excluding hydrogens is 445 g/mol. The number of hydrogen-bond acceptors (Lipinski definition) is 5. The van der Waals surface area contributed by atoms with Crippen LogP contribution in [0.2, 0.25) is 0 Å². The van der Waals surface area contributed by atoms with Gasteiger partial charge in [-0.15, -0.1) is 0 Å². The Bertz CT molecular complexity index is 1040. The summed E-state index contributed by atoms with van der Waals surface area (Å²) < 4.78 is 64.4. The fraction of sp³-hybridized carbons (Fsp3) is 0.429. The first-order valence-corrected chi connectivity index (χ1v) is 11.9. The van der Waals surface area contributed by atoms with Crippen molar-refractivity contribution in [3.8, 4) is 0 Å². The lowest BCUT2D eigenvalue weighted by molar-refractivity contribution is -0.137. The van der Waals surface area contributed by atoms with Crippen LogP contribution < -0.4 is 14.9 Å².